The van der Waals surface area contributed by atoms with Crippen LogP contribution in [0.4, 0.5) is 0 Å². The van der Waals surface area contributed by atoms with Gasteiger partial charge in [-0.3, -0.25) is 0 Å². The Bertz CT molecular complexity index is 364. The van der Waals surface area contributed by atoms with E-state index in [1.54, 1.807) is 7.11 Å². The predicted molar refractivity (Wildman–Crippen MR) is 87.4 cm³/mol. The zero-order valence-corrected chi connectivity index (χ0v) is 13.8. The molecule has 0 bridgehead atoms. The number of nitrogens with one attached hydrogen (secondary N) is 1. The van der Waals surface area contributed by atoms with Crippen molar-refractivity contribution < 1.29 is 4.74 Å². The summed E-state index contributed by atoms with van der Waals surface area (Å²) in [6.07, 6.45) is 3.70. The lowest BCUT2D eigenvalue weighted by Gasteiger charge is -2.23. The van der Waals surface area contributed by atoms with E-state index < -0.39 is 0 Å². The molecule has 0 aliphatic rings. The molecule has 20 heavy (non-hydrogen) atoms. The first kappa shape index (κ1) is 17.0. The molecule has 1 atom stereocenters. The van der Waals surface area contributed by atoms with Crippen LogP contribution in [0.3, 0.4) is 0 Å². The summed E-state index contributed by atoms with van der Waals surface area (Å²) >= 11 is 0. The molecule has 1 rings (SSSR count). The van der Waals surface area contributed by atoms with Gasteiger partial charge in [0.15, 0.2) is 0 Å². The first-order valence-electron chi connectivity index (χ1n) is 7.78. The first-order valence-corrected chi connectivity index (χ1v) is 7.78. The molecule has 0 amide bonds. The first-order chi connectivity index (χ1) is 9.44. The normalized spacial score (nSPS) is 13.2. The minimum atomic E-state index is 0.421. The minimum Gasteiger partial charge on any atom is -0.497 e. The Kier molecular flexibility index (Phi) is 7.08. The molecule has 0 aromatic heterocycles. The van der Waals surface area contributed by atoms with Crippen molar-refractivity contribution in [1.29, 1.82) is 0 Å². The molecule has 0 saturated carbocycles. The number of hydrogen-bond donors (Lipinski definition) is 1. The second kappa shape index (κ2) is 8.31. The summed E-state index contributed by atoms with van der Waals surface area (Å²) in [7, 11) is 1.71. The standard InChI is InChI=1S/C18H31NO/c1-6-19-14-16(11-12-18(2,3)4)13-15-7-9-17(20-5)10-8-15/h7-10,16,19H,6,11-14H2,1-5H3. The molecule has 0 fully saturated rings. The maximum Gasteiger partial charge on any atom is 0.118 e. The van der Waals surface area contributed by atoms with E-state index in [1.165, 1.54) is 18.4 Å². The summed E-state index contributed by atoms with van der Waals surface area (Å²) in [4.78, 5) is 0. The van der Waals surface area contributed by atoms with Crippen LogP contribution < -0.4 is 10.1 Å². The van der Waals surface area contributed by atoms with Crippen molar-refractivity contribution in [3.63, 3.8) is 0 Å². The fraction of sp³-hybridized carbons (Fsp3) is 0.667. The van der Waals surface area contributed by atoms with Gasteiger partial charge in [-0.05, 0) is 61.4 Å². The second-order valence-corrected chi connectivity index (χ2v) is 6.83. The fourth-order valence-corrected chi connectivity index (χ4v) is 2.36. The molecule has 0 aliphatic heterocycles. The van der Waals surface area contributed by atoms with E-state index in [0.29, 0.717) is 11.3 Å². The Morgan fingerprint density at radius 3 is 2.30 bits per heavy atom. The van der Waals surface area contributed by atoms with Crippen molar-refractivity contribution in [2.75, 3.05) is 20.2 Å². The van der Waals surface area contributed by atoms with E-state index in [2.05, 4.69) is 57.3 Å². The van der Waals surface area contributed by atoms with Gasteiger partial charge in [-0.2, -0.15) is 0 Å². The molecular weight excluding hydrogens is 246 g/mol. The Balaban J connectivity index is 2.57. The molecule has 1 N–H and O–H groups in total. The highest BCUT2D eigenvalue weighted by Gasteiger charge is 2.15. The van der Waals surface area contributed by atoms with E-state index >= 15 is 0 Å². The SMILES string of the molecule is CCNCC(CCC(C)(C)C)Cc1ccc(OC)cc1. The molecule has 1 aromatic rings. The number of ether oxygens (including phenoxy) is 1. The summed E-state index contributed by atoms with van der Waals surface area (Å²) in [5, 5.41) is 3.50. The number of rotatable bonds is 8. The van der Waals surface area contributed by atoms with E-state index in [-0.39, 0.29) is 0 Å². The summed E-state index contributed by atoms with van der Waals surface area (Å²) in [6.45, 7) is 11.3. The molecule has 1 aromatic carbocycles. The molecule has 2 nitrogen and oxygen atoms in total. The molecular formula is C18H31NO. The molecule has 0 heterocycles. The van der Waals surface area contributed by atoms with E-state index in [4.69, 9.17) is 4.74 Å². The van der Waals surface area contributed by atoms with Crippen LogP contribution >= 0.6 is 0 Å². The minimum absolute atomic E-state index is 0.421. The van der Waals surface area contributed by atoms with E-state index in [9.17, 15) is 0 Å². The Labute approximate surface area is 124 Å². The van der Waals surface area contributed by atoms with Crippen LogP contribution in [0.2, 0.25) is 0 Å². The lowest BCUT2D eigenvalue weighted by Crippen LogP contribution is -2.25. The van der Waals surface area contributed by atoms with Gasteiger partial charge in [-0.1, -0.05) is 39.8 Å². The van der Waals surface area contributed by atoms with E-state index in [1.807, 2.05) is 0 Å². The lowest BCUT2D eigenvalue weighted by atomic mass is 9.84. The maximum atomic E-state index is 5.22. The van der Waals surface area contributed by atoms with Crippen LogP contribution in [-0.4, -0.2) is 20.2 Å². The third kappa shape index (κ3) is 6.95. The lowest BCUT2D eigenvalue weighted by molar-refractivity contribution is 0.314. The van der Waals surface area contributed by atoms with Gasteiger partial charge in [0.25, 0.3) is 0 Å². The molecule has 0 aliphatic carbocycles. The van der Waals surface area contributed by atoms with Gasteiger partial charge in [0, 0.05) is 0 Å². The van der Waals surface area contributed by atoms with Crippen molar-refractivity contribution in [1.82, 2.24) is 5.32 Å². The summed E-state index contributed by atoms with van der Waals surface area (Å²) in [5.74, 6) is 1.65. The van der Waals surface area contributed by atoms with Crippen molar-refractivity contribution in [2.45, 2.75) is 47.0 Å². The van der Waals surface area contributed by atoms with Gasteiger partial charge in [0.2, 0.25) is 0 Å². The average Bonchev–Trinajstić information content (AvgIpc) is 2.41. The van der Waals surface area contributed by atoms with Crippen LogP contribution in [-0.2, 0) is 6.42 Å². The highest BCUT2D eigenvalue weighted by molar-refractivity contribution is 5.27. The third-order valence-electron chi connectivity index (χ3n) is 3.67. The molecule has 0 saturated heterocycles. The van der Waals surface area contributed by atoms with Crippen LogP contribution in [0.1, 0.15) is 46.1 Å². The smallest absolute Gasteiger partial charge is 0.118 e. The van der Waals surface area contributed by atoms with Crippen LogP contribution in [0, 0.1) is 11.3 Å². The Morgan fingerprint density at radius 1 is 1.15 bits per heavy atom. The van der Waals surface area contributed by atoms with Crippen LogP contribution in [0.5, 0.6) is 5.75 Å². The molecule has 2 heteroatoms. The number of benzene rings is 1. The fourth-order valence-electron chi connectivity index (χ4n) is 2.36. The maximum absolute atomic E-state index is 5.22. The highest BCUT2D eigenvalue weighted by atomic mass is 16.5. The summed E-state index contributed by atoms with van der Waals surface area (Å²) < 4.78 is 5.22. The van der Waals surface area contributed by atoms with Gasteiger partial charge < -0.3 is 10.1 Å². The molecule has 0 spiro atoms. The quantitative estimate of drug-likeness (QED) is 0.765. The largest absolute Gasteiger partial charge is 0.497 e. The van der Waals surface area contributed by atoms with Gasteiger partial charge >= 0.3 is 0 Å². The van der Waals surface area contributed by atoms with Crippen molar-refractivity contribution >= 4 is 0 Å². The van der Waals surface area contributed by atoms with Crippen molar-refractivity contribution in [3.8, 4) is 5.75 Å². The van der Waals surface area contributed by atoms with Crippen LogP contribution in [0.25, 0.3) is 0 Å². The molecule has 1 unspecified atom stereocenters. The Morgan fingerprint density at radius 2 is 1.80 bits per heavy atom. The third-order valence-corrected chi connectivity index (χ3v) is 3.67. The number of hydrogen-bond acceptors (Lipinski definition) is 2. The Hall–Kier alpha value is -1.02. The topological polar surface area (TPSA) is 21.3 Å². The van der Waals surface area contributed by atoms with E-state index in [0.717, 1.165) is 25.3 Å². The monoisotopic (exact) mass is 277 g/mol. The molecule has 114 valence electrons. The zero-order valence-electron chi connectivity index (χ0n) is 13.8. The predicted octanol–water partition coefficient (Wildman–Crippen LogP) is 4.29. The van der Waals surface area contributed by atoms with Gasteiger partial charge in [-0.15, -0.1) is 0 Å². The van der Waals surface area contributed by atoms with Crippen LogP contribution in [0.15, 0.2) is 24.3 Å². The average molecular weight is 277 g/mol. The van der Waals surface area contributed by atoms with Gasteiger partial charge in [0.1, 0.15) is 5.75 Å². The van der Waals surface area contributed by atoms with Gasteiger partial charge in [-0.25, -0.2) is 0 Å². The van der Waals surface area contributed by atoms with Gasteiger partial charge in [0.05, 0.1) is 7.11 Å². The van der Waals surface area contributed by atoms with Crippen molar-refractivity contribution in [3.05, 3.63) is 29.8 Å². The molecule has 0 radical (unpaired) electrons. The highest BCUT2D eigenvalue weighted by Crippen LogP contribution is 2.25. The zero-order chi connectivity index (χ0) is 15.0. The summed E-state index contributed by atoms with van der Waals surface area (Å²) in [6, 6.07) is 8.50. The number of methoxy groups -OCH3 is 1. The second-order valence-electron chi connectivity index (χ2n) is 6.83. The van der Waals surface area contributed by atoms with Crippen molar-refractivity contribution in [2.24, 2.45) is 11.3 Å². The summed E-state index contributed by atoms with van der Waals surface area (Å²) in [5.41, 5.74) is 1.83.